The number of anilines is 1. The van der Waals surface area contributed by atoms with E-state index >= 15 is 0 Å². The standard InChI is InChI=1S/C13H19N3O/c1-17-10-5-6-11(13(14)15)12(9-10)16-7-3-2-4-8-16/h5-6,9H,2-4,7-8H2,1H3,(H3,14,15). The van der Waals surface area contributed by atoms with Gasteiger partial charge in [-0.05, 0) is 31.4 Å². The van der Waals surface area contributed by atoms with Gasteiger partial charge in [-0.15, -0.1) is 0 Å². The number of nitrogens with two attached hydrogens (primary N) is 1. The van der Waals surface area contributed by atoms with Crippen LogP contribution in [0.15, 0.2) is 18.2 Å². The van der Waals surface area contributed by atoms with Gasteiger partial charge in [0.2, 0.25) is 0 Å². The lowest BCUT2D eigenvalue weighted by molar-refractivity contribution is 0.414. The SMILES string of the molecule is COc1ccc(C(=N)N)c(N2CCCCC2)c1. The predicted octanol–water partition coefficient (Wildman–Crippen LogP) is 1.97. The number of methoxy groups -OCH3 is 1. The maximum absolute atomic E-state index is 7.63. The van der Waals surface area contributed by atoms with Crippen LogP contribution in [0.3, 0.4) is 0 Å². The predicted molar refractivity (Wildman–Crippen MR) is 70.1 cm³/mol. The second-order valence-electron chi connectivity index (χ2n) is 4.34. The van der Waals surface area contributed by atoms with Crippen molar-refractivity contribution in [3.8, 4) is 5.75 Å². The number of nitrogens with one attached hydrogen (secondary N) is 1. The summed E-state index contributed by atoms with van der Waals surface area (Å²) in [5.41, 5.74) is 7.45. The Labute approximate surface area is 102 Å². The summed E-state index contributed by atoms with van der Waals surface area (Å²) < 4.78 is 5.24. The van der Waals surface area contributed by atoms with E-state index in [0.717, 1.165) is 30.1 Å². The molecular formula is C13H19N3O. The summed E-state index contributed by atoms with van der Waals surface area (Å²) >= 11 is 0. The largest absolute Gasteiger partial charge is 0.497 e. The molecule has 0 aromatic heterocycles. The minimum Gasteiger partial charge on any atom is -0.497 e. The van der Waals surface area contributed by atoms with E-state index in [1.54, 1.807) is 7.11 Å². The van der Waals surface area contributed by atoms with Gasteiger partial charge in [-0.2, -0.15) is 0 Å². The third kappa shape index (κ3) is 2.52. The van der Waals surface area contributed by atoms with Crippen molar-refractivity contribution in [1.29, 1.82) is 5.41 Å². The van der Waals surface area contributed by atoms with E-state index in [2.05, 4.69) is 4.90 Å². The number of nitrogen functional groups attached to an aromatic ring is 1. The zero-order valence-corrected chi connectivity index (χ0v) is 10.2. The highest BCUT2D eigenvalue weighted by molar-refractivity contribution is 6.00. The molecule has 17 heavy (non-hydrogen) atoms. The monoisotopic (exact) mass is 233 g/mol. The highest BCUT2D eigenvalue weighted by Gasteiger charge is 2.16. The van der Waals surface area contributed by atoms with E-state index in [1.165, 1.54) is 19.3 Å². The molecule has 0 bridgehead atoms. The van der Waals surface area contributed by atoms with Crippen LogP contribution in [-0.4, -0.2) is 26.0 Å². The second kappa shape index (κ2) is 5.08. The Kier molecular flexibility index (Phi) is 3.52. The molecule has 1 aliphatic heterocycles. The topological polar surface area (TPSA) is 62.3 Å². The van der Waals surface area contributed by atoms with Crippen molar-refractivity contribution in [3.05, 3.63) is 23.8 Å². The molecule has 1 fully saturated rings. The van der Waals surface area contributed by atoms with Crippen LogP contribution in [0, 0.1) is 5.41 Å². The maximum Gasteiger partial charge on any atom is 0.124 e. The summed E-state index contributed by atoms with van der Waals surface area (Å²) in [5, 5.41) is 7.63. The van der Waals surface area contributed by atoms with Crippen molar-refractivity contribution < 1.29 is 4.74 Å². The molecule has 4 heteroatoms. The van der Waals surface area contributed by atoms with Crippen LogP contribution in [0.4, 0.5) is 5.69 Å². The van der Waals surface area contributed by atoms with Gasteiger partial charge in [0.25, 0.3) is 0 Å². The summed E-state index contributed by atoms with van der Waals surface area (Å²) in [6.07, 6.45) is 3.69. The fraction of sp³-hybridized carbons (Fsp3) is 0.462. The van der Waals surface area contributed by atoms with Gasteiger partial charge in [0.1, 0.15) is 11.6 Å². The number of piperidine rings is 1. The van der Waals surface area contributed by atoms with Gasteiger partial charge >= 0.3 is 0 Å². The first-order chi connectivity index (χ1) is 8.22. The molecule has 0 atom stereocenters. The van der Waals surface area contributed by atoms with E-state index in [1.807, 2.05) is 18.2 Å². The van der Waals surface area contributed by atoms with E-state index in [4.69, 9.17) is 15.9 Å². The molecule has 0 amide bonds. The second-order valence-corrected chi connectivity index (χ2v) is 4.34. The van der Waals surface area contributed by atoms with Crippen LogP contribution in [0.5, 0.6) is 5.75 Å². The van der Waals surface area contributed by atoms with Crippen LogP contribution >= 0.6 is 0 Å². The zero-order valence-electron chi connectivity index (χ0n) is 10.2. The number of hydrogen-bond acceptors (Lipinski definition) is 3. The molecular weight excluding hydrogens is 214 g/mol. The lowest BCUT2D eigenvalue weighted by atomic mass is 10.1. The Balaban J connectivity index is 2.36. The van der Waals surface area contributed by atoms with E-state index in [9.17, 15) is 0 Å². The first-order valence-corrected chi connectivity index (χ1v) is 6.00. The quantitative estimate of drug-likeness (QED) is 0.619. The minimum absolute atomic E-state index is 0.119. The average Bonchev–Trinajstić information content (AvgIpc) is 2.39. The number of nitrogens with zero attached hydrogens (tertiary/aromatic N) is 1. The molecule has 0 spiro atoms. The molecule has 0 unspecified atom stereocenters. The molecule has 0 radical (unpaired) electrons. The molecule has 1 saturated heterocycles. The summed E-state index contributed by atoms with van der Waals surface area (Å²) in [6.45, 7) is 2.07. The Morgan fingerprint density at radius 1 is 1.29 bits per heavy atom. The summed E-state index contributed by atoms with van der Waals surface area (Å²) in [6, 6.07) is 5.69. The first-order valence-electron chi connectivity index (χ1n) is 6.00. The minimum atomic E-state index is 0.119. The number of amidine groups is 1. The number of ether oxygens (including phenoxy) is 1. The summed E-state index contributed by atoms with van der Waals surface area (Å²) in [7, 11) is 1.66. The fourth-order valence-corrected chi connectivity index (χ4v) is 2.26. The molecule has 92 valence electrons. The van der Waals surface area contributed by atoms with Gasteiger partial charge in [0.15, 0.2) is 0 Å². The molecule has 1 aromatic carbocycles. The molecule has 3 N–H and O–H groups in total. The molecule has 1 aromatic rings. The smallest absolute Gasteiger partial charge is 0.124 e. The normalized spacial score (nSPS) is 15.7. The first kappa shape index (κ1) is 11.8. The van der Waals surface area contributed by atoms with Gasteiger partial charge in [-0.25, -0.2) is 0 Å². The third-order valence-corrected chi connectivity index (χ3v) is 3.19. The number of rotatable bonds is 3. The van der Waals surface area contributed by atoms with Gasteiger partial charge in [-0.3, -0.25) is 5.41 Å². The summed E-state index contributed by atoms with van der Waals surface area (Å²) in [5.74, 6) is 0.934. The number of benzene rings is 1. The van der Waals surface area contributed by atoms with Gasteiger partial charge in [0.05, 0.1) is 12.8 Å². The van der Waals surface area contributed by atoms with E-state index in [-0.39, 0.29) is 5.84 Å². The van der Waals surface area contributed by atoms with Gasteiger partial charge in [0, 0.05) is 24.7 Å². The van der Waals surface area contributed by atoms with Crippen LogP contribution in [0.2, 0.25) is 0 Å². The van der Waals surface area contributed by atoms with Crippen LogP contribution in [-0.2, 0) is 0 Å². The van der Waals surface area contributed by atoms with Gasteiger partial charge in [-0.1, -0.05) is 0 Å². The van der Waals surface area contributed by atoms with Crippen LogP contribution in [0.25, 0.3) is 0 Å². The highest BCUT2D eigenvalue weighted by Crippen LogP contribution is 2.28. The zero-order chi connectivity index (χ0) is 12.3. The lowest BCUT2D eigenvalue weighted by Gasteiger charge is -2.30. The molecule has 0 saturated carbocycles. The Morgan fingerprint density at radius 3 is 2.59 bits per heavy atom. The van der Waals surface area contributed by atoms with Crippen molar-refractivity contribution in [1.82, 2.24) is 0 Å². The Bertz CT molecular complexity index is 411. The van der Waals surface area contributed by atoms with E-state index < -0.39 is 0 Å². The molecule has 0 aliphatic carbocycles. The van der Waals surface area contributed by atoms with Gasteiger partial charge < -0.3 is 15.4 Å². The average molecular weight is 233 g/mol. The summed E-state index contributed by atoms with van der Waals surface area (Å²) in [4.78, 5) is 2.29. The highest BCUT2D eigenvalue weighted by atomic mass is 16.5. The Hall–Kier alpha value is -1.71. The fourth-order valence-electron chi connectivity index (χ4n) is 2.26. The molecule has 2 rings (SSSR count). The van der Waals surface area contributed by atoms with Crippen molar-refractivity contribution in [2.45, 2.75) is 19.3 Å². The number of hydrogen-bond donors (Lipinski definition) is 2. The lowest BCUT2D eigenvalue weighted by Crippen LogP contribution is -2.31. The third-order valence-electron chi connectivity index (χ3n) is 3.19. The molecule has 4 nitrogen and oxygen atoms in total. The van der Waals surface area contributed by atoms with Crippen molar-refractivity contribution in [2.75, 3.05) is 25.1 Å². The van der Waals surface area contributed by atoms with Crippen molar-refractivity contribution in [3.63, 3.8) is 0 Å². The van der Waals surface area contributed by atoms with Crippen molar-refractivity contribution >= 4 is 11.5 Å². The maximum atomic E-state index is 7.63. The molecule has 1 aliphatic rings. The van der Waals surface area contributed by atoms with Crippen LogP contribution in [0.1, 0.15) is 24.8 Å². The van der Waals surface area contributed by atoms with Crippen molar-refractivity contribution in [2.24, 2.45) is 5.73 Å². The van der Waals surface area contributed by atoms with E-state index in [0.29, 0.717) is 0 Å². The molecule has 1 heterocycles. The Morgan fingerprint density at radius 2 is 2.00 bits per heavy atom. The van der Waals surface area contributed by atoms with Crippen LogP contribution < -0.4 is 15.4 Å².